The highest BCUT2D eigenvalue weighted by molar-refractivity contribution is 7.89. The zero-order valence-electron chi connectivity index (χ0n) is 9.33. The van der Waals surface area contributed by atoms with Crippen LogP contribution in [0.5, 0.6) is 0 Å². The standard InChI is InChI=1S/C11H13FN2O2S/c1-2-3-4-7-14-17(15,16)9-5-6-11(13)10(12)8-9/h5-6,8,14H,4,7,13H2,1H3. The van der Waals surface area contributed by atoms with Gasteiger partial charge in [-0.15, -0.1) is 11.8 Å². The second-order valence-corrected chi connectivity index (χ2v) is 5.02. The van der Waals surface area contributed by atoms with Crippen LogP contribution in [0.3, 0.4) is 0 Å². The zero-order valence-corrected chi connectivity index (χ0v) is 10.1. The van der Waals surface area contributed by atoms with Crippen LogP contribution in [0.25, 0.3) is 0 Å². The number of nitrogens with one attached hydrogen (secondary N) is 1. The molecule has 0 radical (unpaired) electrons. The van der Waals surface area contributed by atoms with E-state index < -0.39 is 15.8 Å². The summed E-state index contributed by atoms with van der Waals surface area (Å²) in [4.78, 5) is -0.145. The fraction of sp³-hybridized carbons (Fsp3) is 0.273. The van der Waals surface area contributed by atoms with Gasteiger partial charge in [0.25, 0.3) is 0 Å². The van der Waals surface area contributed by atoms with E-state index in [4.69, 9.17) is 5.73 Å². The molecule has 1 aromatic rings. The van der Waals surface area contributed by atoms with Gasteiger partial charge in [-0.2, -0.15) is 0 Å². The molecule has 1 aromatic carbocycles. The number of hydrogen-bond donors (Lipinski definition) is 2. The maximum atomic E-state index is 13.1. The lowest BCUT2D eigenvalue weighted by Gasteiger charge is -2.06. The zero-order chi connectivity index (χ0) is 12.9. The Morgan fingerprint density at radius 1 is 1.47 bits per heavy atom. The Morgan fingerprint density at radius 2 is 2.18 bits per heavy atom. The summed E-state index contributed by atoms with van der Waals surface area (Å²) in [7, 11) is -3.69. The lowest BCUT2D eigenvalue weighted by atomic mass is 10.3. The molecule has 3 N–H and O–H groups in total. The second-order valence-electron chi connectivity index (χ2n) is 3.26. The van der Waals surface area contributed by atoms with Crippen molar-refractivity contribution in [2.45, 2.75) is 18.2 Å². The largest absolute Gasteiger partial charge is 0.396 e. The Hall–Kier alpha value is -1.58. The molecule has 0 unspecified atom stereocenters. The molecular formula is C11H13FN2O2S. The molecule has 0 saturated carbocycles. The summed E-state index contributed by atoms with van der Waals surface area (Å²) >= 11 is 0. The van der Waals surface area contributed by atoms with Gasteiger partial charge in [-0.05, 0) is 25.1 Å². The average molecular weight is 256 g/mol. The van der Waals surface area contributed by atoms with Crippen molar-refractivity contribution in [1.29, 1.82) is 0 Å². The van der Waals surface area contributed by atoms with E-state index in [1.807, 2.05) is 0 Å². The molecule has 0 aromatic heterocycles. The Kier molecular flexibility index (Phi) is 4.49. The van der Waals surface area contributed by atoms with E-state index in [1.165, 1.54) is 12.1 Å². The number of hydrogen-bond acceptors (Lipinski definition) is 3. The monoisotopic (exact) mass is 256 g/mol. The number of rotatable bonds is 4. The van der Waals surface area contributed by atoms with E-state index in [0.717, 1.165) is 6.07 Å². The van der Waals surface area contributed by atoms with Crippen molar-refractivity contribution >= 4 is 15.7 Å². The lowest BCUT2D eigenvalue weighted by molar-refractivity contribution is 0.579. The summed E-state index contributed by atoms with van der Waals surface area (Å²) in [6.07, 6.45) is 0.410. The quantitative estimate of drug-likeness (QED) is 0.481. The molecule has 1 rings (SSSR count). The summed E-state index contributed by atoms with van der Waals surface area (Å²) in [5, 5.41) is 0. The van der Waals surface area contributed by atoms with Crippen LogP contribution >= 0.6 is 0 Å². The Balaban J connectivity index is 2.81. The van der Waals surface area contributed by atoms with Crippen molar-refractivity contribution in [3.8, 4) is 11.8 Å². The Morgan fingerprint density at radius 3 is 2.76 bits per heavy atom. The van der Waals surface area contributed by atoms with Gasteiger partial charge >= 0.3 is 0 Å². The van der Waals surface area contributed by atoms with Crippen LogP contribution in [-0.4, -0.2) is 15.0 Å². The van der Waals surface area contributed by atoms with Crippen molar-refractivity contribution in [2.75, 3.05) is 12.3 Å². The molecule has 0 fully saturated rings. The first kappa shape index (κ1) is 13.5. The minimum Gasteiger partial charge on any atom is -0.396 e. The second kappa shape index (κ2) is 5.66. The summed E-state index contributed by atoms with van der Waals surface area (Å²) in [5.41, 5.74) is 5.18. The van der Waals surface area contributed by atoms with Gasteiger partial charge in [0, 0.05) is 13.0 Å². The predicted molar refractivity (Wildman–Crippen MR) is 64.1 cm³/mol. The van der Waals surface area contributed by atoms with Crippen molar-refractivity contribution in [3.63, 3.8) is 0 Å². The fourth-order valence-corrected chi connectivity index (χ4v) is 2.17. The van der Waals surface area contributed by atoms with Gasteiger partial charge in [-0.25, -0.2) is 17.5 Å². The number of nitrogens with two attached hydrogens (primary N) is 1. The minimum atomic E-state index is -3.69. The molecule has 0 atom stereocenters. The number of halogens is 1. The SMILES string of the molecule is CC#CCCNS(=O)(=O)c1ccc(N)c(F)c1. The van der Waals surface area contributed by atoms with Crippen molar-refractivity contribution in [1.82, 2.24) is 4.72 Å². The third kappa shape index (κ3) is 3.73. The third-order valence-corrected chi connectivity index (χ3v) is 3.46. The van der Waals surface area contributed by atoms with E-state index >= 15 is 0 Å². The molecule has 0 saturated heterocycles. The average Bonchev–Trinajstić information content (AvgIpc) is 2.28. The molecule has 0 heterocycles. The Bertz CT molecular complexity index is 559. The molecule has 0 amide bonds. The van der Waals surface area contributed by atoms with E-state index in [0.29, 0.717) is 6.42 Å². The number of benzene rings is 1. The third-order valence-electron chi connectivity index (χ3n) is 2.00. The molecule has 17 heavy (non-hydrogen) atoms. The highest BCUT2D eigenvalue weighted by Crippen LogP contribution is 2.15. The maximum absolute atomic E-state index is 13.1. The van der Waals surface area contributed by atoms with Crippen LogP contribution in [0, 0.1) is 17.7 Å². The molecule has 0 spiro atoms. The van der Waals surface area contributed by atoms with Crippen LogP contribution < -0.4 is 10.5 Å². The topological polar surface area (TPSA) is 72.2 Å². The number of anilines is 1. The van der Waals surface area contributed by atoms with Crippen LogP contribution in [0.2, 0.25) is 0 Å². The molecule has 0 aliphatic heterocycles. The van der Waals surface area contributed by atoms with Gasteiger partial charge < -0.3 is 5.73 Å². The van der Waals surface area contributed by atoms with Gasteiger partial charge in [0.2, 0.25) is 10.0 Å². The van der Waals surface area contributed by atoms with E-state index in [9.17, 15) is 12.8 Å². The summed E-state index contributed by atoms with van der Waals surface area (Å²) in [6, 6.07) is 3.37. The maximum Gasteiger partial charge on any atom is 0.240 e. The highest BCUT2D eigenvalue weighted by Gasteiger charge is 2.14. The van der Waals surface area contributed by atoms with Crippen molar-refractivity contribution < 1.29 is 12.8 Å². The van der Waals surface area contributed by atoms with Crippen LogP contribution in [0.1, 0.15) is 13.3 Å². The first-order chi connectivity index (χ1) is 7.97. The minimum absolute atomic E-state index is 0.0826. The van der Waals surface area contributed by atoms with Crippen LogP contribution in [-0.2, 0) is 10.0 Å². The van der Waals surface area contributed by atoms with E-state index in [-0.39, 0.29) is 17.1 Å². The molecular weight excluding hydrogens is 243 g/mol. The highest BCUT2D eigenvalue weighted by atomic mass is 32.2. The molecule has 0 aliphatic rings. The van der Waals surface area contributed by atoms with Gasteiger partial charge in [-0.3, -0.25) is 0 Å². The van der Waals surface area contributed by atoms with Gasteiger partial charge in [0.15, 0.2) is 0 Å². The van der Waals surface area contributed by atoms with Gasteiger partial charge in [0.1, 0.15) is 5.82 Å². The normalized spacial score (nSPS) is 10.7. The molecule has 0 bridgehead atoms. The Labute approximate surface area is 100 Å². The van der Waals surface area contributed by atoms with Crippen molar-refractivity contribution in [2.24, 2.45) is 0 Å². The van der Waals surface area contributed by atoms with E-state index in [2.05, 4.69) is 16.6 Å². The van der Waals surface area contributed by atoms with Crippen LogP contribution in [0.15, 0.2) is 23.1 Å². The predicted octanol–water partition coefficient (Wildman–Crippen LogP) is 1.10. The van der Waals surface area contributed by atoms with Crippen LogP contribution in [0.4, 0.5) is 10.1 Å². The number of nitrogen functional groups attached to an aromatic ring is 1. The lowest BCUT2D eigenvalue weighted by Crippen LogP contribution is -2.24. The molecule has 92 valence electrons. The first-order valence-electron chi connectivity index (χ1n) is 4.91. The van der Waals surface area contributed by atoms with Gasteiger partial charge in [0.05, 0.1) is 10.6 Å². The van der Waals surface area contributed by atoms with E-state index in [1.54, 1.807) is 6.92 Å². The molecule has 0 aliphatic carbocycles. The summed E-state index contributed by atoms with van der Waals surface area (Å²) in [5.74, 6) is 4.62. The molecule has 6 heteroatoms. The van der Waals surface area contributed by atoms with Gasteiger partial charge in [-0.1, -0.05) is 0 Å². The first-order valence-corrected chi connectivity index (χ1v) is 6.40. The smallest absolute Gasteiger partial charge is 0.240 e. The fourth-order valence-electron chi connectivity index (χ4n) is 1.13. The summed E-state index contributed by atoms with van der Waals surface area (Å²) in [6.45, 7) is 1.86. The van der Waals surface area contributed by atoms with Crippen molar-refractivity contribution in [3.05, 3.63) is 24.0 Å². The number of sulfonamides is 1. The molecule has 4 nitrogen and oxygen atoms in total. The summed E-state index contributed by atoms with van der Waals surface area (Å²) < 4.78 is 38.8.